The quantitative estimate of drug-likeness (QED) is 0.864. The van der Waals surface area contributed by atoms with Crippen LogP contribution in [-0.4, -0.2) is 41.8 Å². The van der Waals surface area contributed by atoms with Crippen LogP contribution in [0, 0.1) is 11.7 Å². The second kappa shape index (κ2) is 7.93. The molecule has 1 saturated heterocycles. The summed E-state index contributed by atoms with van der Waals surface area (Å²) in [5, 5.41) is 14.0. The Morgan fingerprint density at radius 1 is 1.22 bits per heavy atom. The number of hydrogen-bond acceptors (Lipinski definition) is 3. The number of nitrogens with zero attached hydrogens (tertiary/aromatic N) is 1. The molecule has 128 valence electrons. The Hall–Kier alpha value is -0.680. The predicted molar refractivity (Wildman–Crippen MR) is 91.1 cm³/mol. The minimum atomic E-state index is -0.215. The van der Waals surface area contributed by atoms with Gasteiger partial charge in [0.15, 0.2) is 0 Å². The lowest BCUT2D eigenvalue weighted by molar-refractivity contribution is 0.124. The third kappa shape index (κ3) is 4.44. The third-order valence-corrected chi connectivity index (χ3v) is 5.67. The molecular weight excluding hydrogens is 315 g/mol. The number of nitrogens with one attached hydrogen (secondary N) is 1. The highest BCUT2D eigenvalue weighted by Gasteiger charge is 2.27. The molecule has 2 fully saturated rings. The van der Waals surface area contributed by atoms with Crippen molar-refractivity contribution in [3.8, 4) is 0 Å². The van der Waals surface area contributed by atoms with Crippen LogP contribution in [-0.2, 0) is 6.54 Å². The molecule has 0 radical (unpaired) electrons. The van der Waals surface area contributed by atoms with E-state index in [4.69, 9.17) is 11.6 Å². The van der Waals surface area contributed by atoms with Crippen molar-refractivity contribution < 1.29 is 9.50 Å². The zero-order valence-electron chi connectivity index (χ0n) is 13.5. The zero-order chi connectivity index (χ0) is 16.2. The van der Waals surface area contributed by atoms with Gasteiger partial charge < -0.3 is 10.4 Å². The Morgan fingerprint density at radius 2 is 2.00 bits per heavy atom. The molecule has 1 aromatic rings. The Bertz CT molecular complexity index is 499. The number of aliphatic hydroxyl groups is 1. The van der Waals surface area contributed by atoms with Crippen molar-refractivity contribution in [3.05, 3.63) is 34.6 Å². The first kappa shape index (κ1) is 17.2. The summed E-state index contributed by atoms with van der Waals surface area (Å²) in [7, 11) is 0. The third-order valence-electron chi connectivity index (χ3n) is 5.32. The van der Waals surface area contributed by atoms with Crippen molar-refractivity contribution in [2.75, 3.05) is 19.6 Å². The lowest BCUT2D eigenvalue weighted by atomic mass is 10.0. The van der Waals surface area contributed by atoms with Gasteiger partial charge in [-0.15, -0.1) is 0 Å². The topological polar surface area (TPSA) is 35.5 Å². The van der Waals surface area contributed by atoms with Crippen molar-refractivity contribution in [1.29, 1.82) is 0 Å². The minimum absolute atomic E-state index is 0.120. The molecule has 2 N–H and O–H groups in total. The van der Waals surface area contributed by atoms with E-state index in [9.17, 15) is 9.50 Å². The SMILES string of the molecule is OC1CCCC1CNC1CCN(Cc2c(F)cccc2Cl)CC1. The van der Waals surface area contributed by atoms with Crippen molar-refractivity contribution in [2.45, 2.75) is 50.8 Å². The van der Waals surface area contributed by atoms with Crippen molar-refractivity contribution in [3.63, 3.8) is 0 Å². The molecule has 3 nitrogen and oxygen atoms in total. The summed E-state index contributed by atoms with van der Waals surface area (Å²) in [4.78, 5) is 2.27. The van der Waals surface area contributed by atoms with Crippen molar-refractivity contribution in [1.82, 2.24) is 10.2 Å². The van der Waals surface area contributed by atoms with Gasteiger partial charge in [-0.25, -0.2) is 4.39 Å². The molecule has 3 rings (SSSR count). The monoisotopic (exact) mass is 340 g/mol. The van der Waals surface area contributed by atoms with E-state index >= 15 is 0 Å². The van der Waals surface area contributed by atoms with Gasteiger partial charge in [-0.1, -0.05) is 24.1 Å². The number of likely N-dealkylation sites (tertiary alicyclic amines) is 1. The molecule has 2 atom stereocenters. The highest BCUT2D eigenvalue weighted by molar-refractivity contribution is 6.31. The molecule has 5 heteroatoms. The van der Waals surface area contributed by atoms with Gasteiger partial charge in [0.25, 0.3) is 0 Å². The average molecular weight is 341 g/mol. The van der Waals surface area contributed by atoms with E-state index < -0.39 is 0 Å². The molecule has 1 heterocycles. The fourth-order valence-corrected chi connectivity index (χ4v) is 4.00. The van der Waals surface area contributed by atoms with E-state index in [0.717, 1.165) is 51.7 Å². The van der Waals surface area contributed by atoms with Gasteiger partial charge in [0, 0.05) is 29.7 Å². The minimum Gasteiger partial charge on any atom is -0.393 e. The lowest BCUT2D eigenvalue weighted by Crippen LogP contribution is -2.44. The van der Waals surface area contributed by atoms with Gasteiger partial charge in [0.05, 0.1) is 6.10 Å². The van der Waals surface area contributed by atoms with Gasteiger partial charge in [0.2, 0.25) is 0 Å². The van der Waals surface area contributed by atoms with Crippen LogP contribution in [0.15, 0.2) is 18.2 Å². The van der Waals surface area contributed by atoms with Crippen LogP contribution in [0.3, 0.4) is 0 Å². The van der Waals surface area contributed by atoms with E-state index in [1.165, 1.54) is 6.07 Å². The first-order chi connectivity index (χ1) is 11.1. The fourth-order valence-electron chi connectivity index (χ4n) is 3.78. The number of piperidine rings is 1. The summed E-state index contributed by atoms with van der Waals surface area (Å²) in [5.41, 5.74) is 0.606. The number of aliphatic hydroxyl groups excluding tert-OH is 1. The Kier molecular flexibility index (Phi) is 5.91. The van der Waals surface area contributed by atoms with Gasteiger partial charge in [-0.2, -0.15) is 0 Å². The van der Waals surface area contributed by atoms with Crippen molar-refractivity contribution >= 4 is 11.6 Å². The molecule has 23 heavy (non-hydrogen) atoms. The lowest BCUT2D eigenvalue weighted by Gasteiger charge is -2.33. The number of hydrogen-bond donors (Lipinski definition) is 2. The van der Waals surface area contributed by atoms with Crippen LogP contribution >= 0.6 is 11.6 Å². The molecule has 0 amide bonds. The number of halogens is 2. The zero-order valence-corrected chi connectivity index (χ0v) is 14.2. The first-order valence-electron chi connectivity index (χ1n) is 8.70. The standard InChI is InChI=1S/C18H26ClFN2O/c19-16-4-2-5-17(20)15(16)12-22-9-7-14(8-10-22)21-11-13-3-1-6-18(13)23/h2,4-5,13-14,18,21,23H,1,3,6-12H2. The Balaban J connectivity index is 1.43. The maximum absolute atomic E-state index is 13.9. The summed E-state index contributed by atoms with van der Waals surface area (Å²) >= 11 is 6.11. The van der Waals surface area contributed by atoms with Gasteiger partial charge >= 0.3 is 0 Å². The highest BCUT2D eigenvalue weighted by atomic mass is 35.5. The number of rotatable bonds is 5. The molecule has 0 spiro atoms. The number of benzene rings is 1. The molecule has 1 saturated carbocycles. The smallest absolute Gasteiger partial charge is 0.129 e. The van der Waals surface area contributed by atoms with E-state index in [1.54, 1.807) is 12.1 Å². The fraction of sp³-hybridized carbons (Fsp3) is 0.667. The van der Waals surface area contributed by atoms with E-state index in [0.29, 0.717) is 29.1 Å². The largest absolute Gasteiger partial charge is 0.393 e. The molecule has 1 aliphatic heterocycles. The van der Waals surface area contributed by atoms with Crippen molar-refractivity contribution in [2.24, 2.45) is 5.92 Å². The molecule has 0 bridgehead atoms. The molecule has 2 unspecified atom stereocenters. The second-order valence-electron chi connectivity index (χ2n) is 6.92. The van der Waals surface area contributed by atoms with E-state index in [2.05, 4.69) is 10.2 Å². The van der Waals surface area contributed by atoms with Crippen LogP contribution in [0.5, 0.6) is 0 Å². The second-order valence-corrected chi connectivity index (χ2v) is 7.32. The van der Waals surface area contributed by atoms with Crippen LogP contribution in [0.4, 0.5) is 4.39 Å². The summed E-state index contributed by atoms with van der Waals surface area (Å²) in [5.74, 6) is 0.207. The average Bonchev–Trinajstić information content (AvgIpc) is 2.95. The van der Waals surface area contributed by atoms with Crippen LogP contribution in [0.1, 0.15) is 37.7 Å². The maximum Gasteiger partial charge on any atom is 0.129 e. The summed E-state index contributed by atoms with van der Waals surface area (Å²) in [6.07, 6.45) is 5.25. The van der Waals surface area contributed by atoms with Gasteiger partial charge in [0.1, 0.15) is 5.82 Å². The van der Waals surface area contributed by atoms with Crippen LogP contribution < -0.4 is 5.32 Å². The highest BCUT2D eigenvalue weighted by Crippen LogP contribution is 2.26. The Morgan fingerprint density at radius 3 is 2.65 bits per heavy atom. The van der Waals surface area contributed by atoms with Gasteiger partial charge in [-0.05, 0) is 56.8 Å². The molecule has 0 aromatic heterocycles. The van der Waals surface area contributed by atoms with Crippen LogP contribution in [0.2, 0.25) is 5.02 Å². The first-order valence-corrected chi connectivity index (χ1v) is 9.08. The Labute approximate surface area is 142 Å². The normalized spacial score (nSPS) is 26.7. The van der Waals surface area contributed by atoms with Crippen LogP contribution in [0.25, 0.3) is 0 Å². The summed E-state index contributed by atoms with van der Waals surface area (Å²) in [6, 6.07) is 5.38. The molecular formula is C18H26ClFN2O. The maximum atomic E-state index is 13.9. The molecule has 1 aliphatic carbocycles. The van der Waals surface area contributed by atoms with E-state index in [1.807, 2.05) is 0 Å². The molecule has 1 aromatic carbocycles. The summed E-state index contributed by atoms with van der Waals surface area (Å²) < 4.78 is 13.9. The summed E-state index contributed by atoms with van der Waals surface area (Å²) in [6.45, 7) is 3.41. The molecule has 2 aliphatic rings. The van der Waals surface area contributed by atoms with E-state index in [-0.39, 0.29) is 11.9 Å². The van der Waals surface area contributed by atoms with Gasteiger partial charge in [-0.3, -0.25) is 4.90 Å². The predicted octanol–water partition coefficient (Wildman–Crippen LogP) is 3.19.